The van der Waals surface area contributed by atoms with Gasteiger partial charge in [-0.15, -0.1) is 0 Å². The SMILES string of the molecule is COc1ccc(Oc2ccc3c(O)c(C(=O)NCC(=O)O)n4ncnc4c3c2)cc1. The number of nitrogens with zero attached hydrogens (tertiary/aromatic N) is 3. The topological polar surface area (TPSA) is 135 Å². The van der Waals surface area contributed by atoms with Crippen LogP contribution in [0.4, 0.5) is 0 Å². The Kier molecular flexibility index (Phi) is 4.80. The Bertz CT molecular complexity index is 1270. The summed E-state index contributed by atoms with van der Waals surface area (Å²) < 4.78 is 12.1. The van der Waals surface area contributed by atoms with Crippen molar-refractivity contribution in [3.8, 4) is 23.0 Å². The van der Waals surface area contributed by atoms with E-state index >= 15 is 0 Å². The van der Waals surface area contributed by atoms with Crippen molar-refractivity contribution in [3.63, 3.8) is 0 Å². The number of carboxylic acid groups (broad SMARTS) is 1. The predicted octanol–water partition coefficient (Wildman–Crippen LogP) is 2.20. The van der Waals surface area contributed by atoms with Crippen LogP contribution in [0.15, 0.2) is 48.8 Å². The van der Waals surface area contributed by atoms with Crippen molar-refractivity contribution in [3.05, 3.63) is 54.5 Å². The molecule has 0 saturated heterocycles. The van der Waals surface area contributed by atoms with Gasteiger partial charge in [0, 0.05) is 10.8 Å². The molecular formula is C20H16N4O6. The molecule has 30 heavy (non-hydrogen) atoms. The highest BCUT2D eigenvalue weighted by Crippen LogP contribution is 2.35. The second-order valence-electron chi connectivity index (χ2n) is 6.25. The third-order valence-corrected chi connectivity index (χ3v) is 4.38. The first-order chi connectivity index (χ1) is 14.5. The van der Waals surface area contributed by atoms with Crippen molar-refractivity contribution in [1.82, 2.24) is 19.9 Å². The highest BCUT2D eigenvalue weighted by atomic mass is 16.5. The molecule has 0 aliphatic rings. The average Bonchev–Trinajstić information content (AvgIpc) is 3.22. The molecule has 10 nitrogen and oxygen atoms in total. The number of ether oxygens (including phenoxy) is 2. The van der Waals surface area contributed by atoms with Gasteiger partial charge in [-0.1, -0.05) is 0 Å². The molecule has 2 heterocycles. The van der Waals surface area contributed by atoms with E-state index in [-0.39, 0.29) is 11.4 Å². The molecule has 2 aromatic heterocycles. The molecule has 4 aromatic rings. The van der Waals surface area contributed by atoms with E-state index in [2.05, 4.69) is 15.4 Å². The zero-order valence-electron chi connectivity index (χ0n) is 15.7. The minimum atomic E-state index is -1.21. The third kappa shape index (κ3) is 3.41. The van der Waals surface area contributed by atoms with Gasteiger partial charge in [-0.3, -0.25) is 9.59 Å². The monoisotopic (exact) mass is 408 g/mol. The Morgan fingerprint density at radius 3 is 2.47 bits per heavy atom. The second kappa shape index (κ2) is 7.59. The summed E-state index contributed by atoms with van der Waals surface area (Å²) in [7, 11) is 1.58. The fraction of sp³-hybridized carbons (Fsp3) is 0.100. The van der Waals surface area contributed by atoms with Crippen LogP contribution in [0, 0.1) is 0 Å². The van der Waals surface area contributed by atoms with E-state index in [9.17, 15) is 14.7 Å². The lowest BCUT2D eigenvalue weighted by Crippen LogP contribution is -2.31. The molecule has 10 heteroatoms. The molecule has 0 spiro atoms. The molecule has 0 radical (unpaired) electrons. The Morgan fingerprint density at radius 2 is 1.77 bits per heavy atom. The number of carbonyl (C=O) groups excluding carboxylic acids is 1. The first kappa shape index (κ1) is 19.0. The Labute approximate surface area is 169 Å². The van der Waals surface area contributed by atoms with Crippen LogP contribution >= 0.6 is 0 Å². The van der Waals surface area contributed by atoms with Crippen LogP contribution in [-0.2, 0) is 4.79 Å². The van der Waals surface area contributed by atoms with Crippen LogP contribution in [0.2, 0.25) is 0 Å². The molecule has 0 unspecified atom stereocenters. The largest absolute Gasteiger partial charge is 0.505 e. The molecule has 0 bridgehead atoms. The number of amides is 1. The van der Waals surface area contributed by atoms with E-state index in [0.717, 1.165) is 4.52 Å². The van der Waals surface area contributed by atoms with Gasteiger partial charge in [0.15, 0.2) is 17.1 Å². The summed E-state index contributed by atoms with van der Waals surface area (Å²) in [6, 6.07) is 11.9. The number of hydrogen-bond acceptors (Lipinski definition) is 7. The number of aromatic hydroxyl groups is 1. The molecule has 1 amide bonds. The number of aliphatic carboxylic acids is 1. The van der Waals surface area contributed by atoms with Crippen molar-refractivity contribution in [2.75, 3.05) is 13.7 Å². The summed E-state index contributed by atoms with van der Waals surface area (Å²) in [6.45, 7) is -0.596. The number of hydrogen-bond donors (Lipinski definition) is 3. The van der Waals surface area contributed by atoms with E-state index in [1.807, 2.05) is 0 Å². The first-order valence-electron chi connectivity index (χ1n) is 8.78. The van der Waals surface area contributed by atoms with Gasteiger partial charge in [-0.25, -0.2) is 9.50 Å². The van der Waals surface area contributed by atoms with Gasteiger partial charge < -0.3 is 25.0 Å². The standard InChI is InChI=1S/C20H16N4O6/c1-29-11-2-4-12(5-3-11)30-13-6-7-14-15(8-13)19-22-10-23-24(19)17(18(14)27)20(28)21-9-16(25)26/h2-8,10,27H,9H2,1H3,(H,21,28)(H,25,26). The predicted molar refractivity (Wildman–Crippen MR) is 105 cm³/mol. The first-order valence-corrected chi connectivity index (χ1v) is 8.78. The van der Waals surface area contributed by atoms with Gasteiger partial charge in [0.1, 0.15) is 30.1 Å². The summed E-state index contributed by atoms with van der Waals surface area (Å²) in [5.41, 5.74) is 0.100. The number of pyridine rings is 1. The van der Waals surface area contributed by atoms with Crippen LogP contribution in [-0.4, -0.2) is 50.3 Å². The Hall–Kier alpha value is -4.34. The lowest BCUT2D eigenvalue weighted by molar-refractivity contribution is -0.135. The molecular weight excluding hydrogens is 392 g/mol. The van der Waals surface area contributed by atoms with E-state index in [4.69, 9.17) is 14.6 Å². The van der Waals surface area contributed by atoms with Crippen LogP contribution < -0.4 is 14.8 Å². The lowest BCUT2D eigenvalue weighted by atomic mass is 10.1. The van der Waals surface area contributed by atoms with Crippen molar-refractivity contribution in [2.45, 2.75) is 0 Å². The highest BCUT2D eigenvalue weighted by molar-refractivity contribution is 6.07. The summed E-state index contributed by atoms with van der Waals surface area (Å²) >= 11 is 0. The number of fused-ring (bicyclic) bond motifs is 3. The molecule has 0 atom stereocenters. The summed E-state index contributed by atoms with van der Waals surface area (Å²) in [5, 5.41) is 26.5. The van der Waals surface area contributed by atoms with Gasteiger partial charge in [-0.2, -0.15) is 5.10 Å². The van der Waals surface area contributed by atoms with Crippen molar-refractivity contribution < 1.29 is 29.3 Å². The number of methoxy groups -OCH3 is 1. The molecule has 0 fully saturated rings. The van der Waals surface area contributed by atoms with Gasteiger partial charge in [0.25, 0.3) is 5.91 Å². The third-order valence-electron chi connectivity index (χ3n) is 4.38. The van der Waals surface area contributed by atoms with Crippen LogP contribution in [0.25, 0.3) is 16.4 Å². The maximum absolute atomic E-state index is 12.4. The van der Waals surface area contributed by atoms with Gasteiger partial charge in [0.05, 0.1) is 7.11 Å². The molecule has 2 aromatic carbocycles. The fourth-order valence-electron chi connectivity index (χ4n) is 3.02. The zero-order valence-corrected chi connectivity index (χ0v) is 15.7. The van der Waals surface area contributed by atoms with Crippen LogP contribution in [0.3, 0.4) is 0 Å². The van der Waals surface area contributed by atoms with Gasteiger partial charge in [0.2, 0.25) is 0 Å². The number of nitrogens with one attached hydrogen (secondary N) is 1. The fourth-order valence-corrected chi connectivity index (χ4v) is 3.02. The maximum Gasteiger partial charge on any atom is 0.322 e. The van der Waals surface area contributed by atoms with E-state index in [1.54, 1.807) is 49.6 Å². The Balaban J connectivity index is 1.76. The minimum absolute atomic E-state index is 0.208. The molecule has 4 rings (SSSR count). The van der Waals surface area contributed by atoms with Crippen molar-refractivity contribution >= 4 is 28.3 Å². The average molecular weight is 408 g/mol. The van der Waals surface area contributed by atoms with Crippen LogP contribution in [0.5, 0.6) is 23.0 Å². The summed E-state index contributed by atoms with van der Waals surface area (Å²) in [6.07, 6.45) is 1.24. The number of carbonyl (C=O) groups is 2. The summed E-state index contributed by atoms with van der Waals surface area (Å²) in [5.74, 6) is -0.572. The number of carboxylic acids is 1. The molecule has 0 aliphatic carbocycles. The molecule has 152 valence electrons. The van der Waals surface area contributed by atoms with E-state index in [1.165, 1.54) is 6.33 Å². The highest BCUT2D eigenvalue weighted by Gasteiger charge is 2.22. The van der Waals surface area contributed by atoms with E-state index < -0.39 is 18.4 Å². The quantitative estimate of drug-likeness (QED) is 0.442. The number of benzene rings is 2. The van der Waals surface area contributed by atoms with Crippen molar-refractivity contribution in [1.29, 1.82) is 0 Å². The normalized spacial score (nSPS) is 10.8. The minimum Gasteiger partial charge on any atom is -0.505 e. The second-order valence-corrected chi connectivity index (χ2v) is 6.25. The molecule has 3 N–H and O–H groups in total. The molecule has 0 saturated carbocycles. The number of aromatic nitrogens is 3. The smallest absolute Gasteiger partial charge is 0.322 e. The maximum atomic E-state index is 12.4. The number of rotatable bonds is 6. The van der Waals surface area contributed by atoms with Crippen molar-refractivity contribution in [2.24, 2.45) is 0 Å². The Morgan fingerprint density at radius 1 is 1.07 bits per heavy atom. The summed E-state index contributed by atoms with van der Waals surface area (Å²) in [4.78, 5) is 27.3. The van der Waals surface area contributed by atoms with Gasteiger partial charge >= 0.3 is 5.97 Å². The van der Waals surface area contributed by atoms with Crippen LogP contribution in [0.1, 0.15) is 10.5 Å². The molecule has 0 aliphatic heterocycles. The zero-order chi connectivity index (χ0) is 21.3. The lowest BCUT2D eigenvalue weighted by Gasteiger charge is -2.12. The van der Waals surface area contributed by atoms with E-state index in [0.29, 0.717) is 33.7 Å². The van der Waals surface area contributed by atoms with Gasteiger partial charge in [-0.05, 0) is 42.5 Å².